The van der Waals surface area contributed by atoms with Crippen LogP contribution in [0.1, 0.15) is 17.5 Å². The second kappa shape index (κ2) is 6.89. The van der Waals surface area contributed by atoms with Gasteiger partial charge in [-0.1, -0.05) is 12.1 Å². The third-order valence-electron chi connectivity index (χ3n) is 3.04. The topological polar surface area (TPSA) is 75.4 Å². The summed E-state index contributed by atoms with van der Waals surface area (Å²) in [5.74, 6) is -0.333. The number of amides is 2. The summed E-state index contributed by atoms with van der Waals surface area (Å²) >= 11 is 0. The van der Waals surface area contributed by atoms with Crippen LogP contribution in [0.15, 0.2) is 18.2 Å². The number of hydrogen-bond donors (Lipinski definition) is 2. The molecule has 0 aliphatic carbocycles. The second-order valence-electron chi connectivity index (χ2n) is 4.58. The van der Waals surface area contributed by atoms with Crippen molar-refractivity contribution < 1.29 is 9.59 Å². The summed E-state index contributed by atoms with van der Waals surface area (Å²) in [7, 11) is 1.60. The Bertz CT molecular complexity index is 472. The summed E-state index contributed by atoms with van der Waals surface area (Å²) in [5.41, 5.74) is 8.24. The molecule has 0 spiro atoms. The number of likely N-dealkylation sites (N-methyl/N-ethyl adjacent to an activating group) is 1. The SMILES string of the molecule is Cc1cccc(NC(=O)CN(C)C(=O)CCN)c1C. The third kappa shape index (κ3) is 4.37. The fourth-order valence-corrected chi connectivity index (χ4v) is 1.69. The molecule has 0 saturated carbocycles. The minimum absolute atomic E-state index is 0.0339. The van der Waals surface area contributed by atoms with Crippen LogP contribution in [0.2, 0.25) is 0 Å². The van der Waals surface area contributed by atoms with Crippen molar-refractivity contribution in [2.75, 3.05) is 25.5 Å². The lowest BCUT2D eigenvalue weighted by Crippen LogP contribution is -2.35. The molecule has 2 amide bonds. The van der Waals surface area contributed by atoms with Crippen LogP contribution in [0.4, 0.5) is 5.69 Å². The van der Waals surface area contributed by atoms with Crippen molar-refractivity contribution in [3.63, 3.8) is 0 Å². The number of nitrogens with two attached hydrogens (primary N) is 1. The second-order valence-corrected chi connectivity index (χ2v) is 4.58. The number of hydrogen-bond acceptors (Lipinski definition) is 3. The van der Waals surface area contributed by atoms with Gasteiger partial charge in [-0.15, -0.1) is 0 Å². The van der Waals surface area contributed by atoms with Crippen LogP contribution in [-0.4, -0.2) is 36.9 Å². The molecule has 5 nitrogen and oxygen atoms in total. The van der Waals surface area contributed by atoms with Crippen molar-refractivity contribution in [1.29, 1.82) is 0 Å². The molecule has 0 unspecified atom stereocenters. The van der Waals surface area contributed by atoms with Crippen molar-refractivity contribution >= 4 is 17.5 Å². The van der Waals surface area contributed by atoms with Gasteiger partial charge in [0.2, 0.25) is 11.8 Å². The van der Waals surface area contributed by atoms with Crippen LogP contribution in [-0.2, 0) is 9.59 Å². The number of benzene rings is 1. The number of aryl methyl sites for hydroxylation is 1. The van der Waals surface area contributed by atoms with Crippen molar-refractivity contribution in [2.45, 2.75) is 20.3 Å². The van der Waals surface area contributed by atoms with Crippen molar-refractivity contribution in [1.82, 2.24) is 4.90 Å². The molecule has 0 aliphatic heterocycles. The normalized spacial score (nSPS) is 10.1. The maximum atomic E-state index is 11.9. The van der Waals surface area contributed by atoms with E-state index in [1.54, 1.807) is 7.05 Å². The molecule has 0 atom stereocenters. The average molecular weight is 263 g/mol. The lowest BCUT2D eigenvalue weighted by molar-refractivity contribution is -0.133. The first-order valence-corrected chi connectivity index (χ1v) is 6.25. The number of carbonyl (C=O) groups is 2. The van der Waals surface area contributed by atoms with Gasteiger partial charge < -0.3 is 16.0 Å². The first kappa shape index (κ1) is 15.2. The van der Waals surface area contributed by atoms with Crippen LogP contribution < -0.4 is 11.1 Å². The molecule has 1 aromatic carbocycles. The number of anilines is 1. The van der Waals surface area contributed by atoms with Gasteiger partial charge in [0.05, 0.1) is 6.54 Å². The molecule has 0 heterocycles. The van der Waals surface area contributed by atoms with Gasteiger partial charge in [-0.3, -0.25) is 9.59 Å². The fraction of sp³-hybridized carbons (Fsp3) is 0.429. The molecule has 3 N–H and O–H groups in total. The van der Waals surface area contributed by atoms with E-state index in [0.717, 1.165) is 16.8 Å². The van der Waals surface area contributed by atoms with Gasteiger partial charge in [-0.25, -0.2) is 0 Å². The van der Waals surface area contributed by atoms with Crippen molar-refractivity contribution in [3.05, 3.63) is 29.3 Å². The molecule has 0 bridgehead atoms. The van der Waals surface area contributed by atoms with Gasteiger partial charge in [-0.2, -0.15) is 0 Å². The number of rotatable bonds is 5. The lowest BCUT2D eigenvalue weighted by atomic mass is 10.1. The Morgan fingerprint density at radius 3 is 2.63 bits per heavy atom. The molecule has 0 radical (unpaired) electrons. The van der Waals surface area contributed by atoms with E-state index in [2.05, 4.69) is 5.32 Å². The highest BCUT2D eigenvalue weighted by Crippen LogP contribution is 2.17. The maximum Gasteiger partial charge on any atom is 0.243 e. The van der Waals surface area contributed by atoms with E-state index >= 15 is 0 Å². The Hall–Kier alpha value is -1.88. The predicted molar refractivity (Wildman–Crippen MR) is 75.9 cm³/mol. The highest BCUT2D eigenvalue weighted by atomic mass is 16.2. The van der Waals surface area contributed by atoms with Crippen LogP contribution in [0.3, 0.4) is 0 Å². The summed E-state index contributed by atoms with van der Waals surface area (Å²) in [5, 5.41) is 2.81. The van der Waals surface area contributed by atoms with E-state index in [0.29, 0.717) is 6.54 Å². The summed E-state index contributed by atoms with van der Waals surface area (Å²) in [4.78, 5) is 24.8. The molecule has 0 aromatic heterocycles. The largest absolute Gasteiger partial charge is 0.336 e. The van der Waals surface area contributed by atoms with Crippen molar-refractivity contribution in [3.8, 4) is 0 Å². The Labute approximate surface area is 113 Å². The number of carbonyl (C=O) groups excluding carboxylic acids is 2. The smallest absolute Gasteiger partial charge is 0.243 e. The van der Waals surface area contributed by atoms with Gasteiger partial charge in [-0.05, 0) is 31.0 Å². The van der Waals surface area contributed by atoms with Crippen LogP contribution in [0, 0.1) is 13.8 Å². The van der Waals surface area contributed by atoms with E-state index in [1.807, 2.05) is 32.0 Å². The monoisotopic (exact) mass is 263 g/mol. The molecular weight excluding hydrogens is 242 g/mol. The maximum absolute atomic E-state index is 11.9. The standard InChI is InChI=1S/C14H21N3O2/c1-10-5-4-6-12(11(10)2)16-13(18)9-17(3)14(19)7-8-15/h4-6H,7-9,15H2,1-3H3,(H,16,18). The highest BCUT2D eigenvalue weighted by Gasteiger charge is 2.13. The summed E-state index contributed by atoms with van der Waals surface area (Å²) in [6.07, 6.45) is 0.257. The zero-order valence-corrected chi connectivity index (χ0v) is 11.7. The zero-order valence-electron chi connectivity index (χ0n) is 11.7. The number of nitrogens with zero attached hydrogens (tertiary/aromatic N) is 1. The Balaban J connectivity index is 2.60. The molecular formula is C14H21N3O2. The van der Waals surface area contributed by atoms with E-state index in [9.17, 15) is 9.59 Å². The number of nitrogens with one attached hydrogen (secondary N) is 1. The summed E-state index contributed by atoms with van der Waals surface area (Å²) in [6, 6.07) is 5.73. The molecule has 0 fully saturated rings. The predicted octanol–water partition coefficient (Wildman–Crippen LogP) is 1.05. The first-order valence-electron chi connectivity index (χ1n) is 6.25. The Morgan fingerprint density at radius 1 is 1.32 bits per heavy atom. The van der Waals surface area contributed by atoms with Crippen LogP contribution >= 0.6 is 0 Å². The van der Waals surface area contributed by atoms with Gasteiger partial charge in [0, 0.05) is 25.7 Å². The molecule has 1 rings (SSSR count). The molecule has 104 valence electrons. The van der Waals surface area contributed by atoms with E-state index < -0.39 is 0 Å². The molecule has 0 saturated heterocycles. The van der Waals surface area contributed by atoms with E-state index in [4.69, 9.17) is 5.73 Å². The van der Waals surface area contributed by atoms with Gasteiger partial charge in [0.25, 0.3) is 0 Å². The average Bonchev–Trinajstić information content (AvgIpc) is 2.35. The molecule has 1 aromatic rings. The third-order valence-corrected chi connectivity index (χ3v) is 3.04. The first-order chi connectivity index (χ1) is 8.95. The quantitative estimate of drug-likeness (QED) is 0.833. The molecule has 5 heteroatoms. The Morgan fingerprint density at radius 2 is 2.00 bits per heavy atom. The van der Waals surface area contributed by atoms with E-state index in [-0.39, 0.29) is 24.8 Å². The van der Waals surface area contributed by atoms with Crippen molar-refractivity contribution in [2.24, 2.45) is 5.73 Å². The minimum Gasteiger partial charge on any atom is -0.336 e. The van der Waals surface area contributed by atoms with E-state index in [1.165, 1.54) is 4.90 Å². The Kier molecular flexibility index (Phi) is 5.51. The van der Waals surface area contributed by atoms with Crippen LogP contribution in [0.25, 0.3) is 0 Å². The molecule has 0 aliphatic rings. The molecule has 19 heavy (non-hydrogen) atoms. The minimum atomic E-state index is -0.207. The summed E-state index contributed by atoms with van der Waals surface area (Å²) in [6.45, 7) is 4.27. The lowest BCUT2D eigenvalue weighted by Gasteiger charge is -2.17. The summed E-state index contributed by atoms with van der Waals surface area (Å²) < 4.78 is 0. The highest BCUT2D eigenvalue weighted by molar-refractivity contribution is 5.95. The van der Waals surface area contributed by atoms with Gasteiger partial charge in [0.15, 0.2) is 0 Å². The van der Waals surface area contributed by atoms with Gasteiger partial charge in [0.1, 0.15) is 0 Å². The fourth-order valence-electron chi connectivity index (χ4n) is 1.69. The van der Waals surface area contributed by atoms with Gasteiger partial charge >= 0.3 is 0 Å². The zero-order chi connectivity index (χ0) is 14.4. The van der Waals surface area contributed by atoms with Crippen LogP contribution in [0.5, 0.6) is 0 Å².